The minimum Gasteiger partial charge on any atom is -0.463 e. The van der Waals surface area contributed by atoms with Gasteiger partial charge < -0.3 is 28.4 Å². The molecule has 3 heterocycles. The molecule has 0 radical (unpaired) electrons. The molecular formula is C20H30O7. The second-order valence-corrected chi connectivity index (χ2v) is 8.65. The Balaban J connectivity index is 1.38. The van der Waals surface area contributed by atoms with E-state index in [1.807, 2.05) is 0 Å². The first kappa shape index (κ1) is 18.3. The van der Waals surface area contributed by atoms with E-state index in [2.05, 4.69) is 0 Å². The maximum atomic E-state index is 11.3. The molecule has 5 fully saturated rings. The molecule has 2 saturated carbocycles. The van der Waals surface area contributed by atoms with Crippen LogP contribution in [0.25, 0.3) is 0 Å². The molecule has 0 aromatic heterocycles. The maximum absolute atomic E-state index is 11.3. The average molecular weight is 382 g/mol. The van der Waals surface area contributed by atoms with Crippen molar-refractivity contribution in [1.82, 2.24) is 0 Å². The van der Waals surface area contributed by atoms with Crippen molar-refractivity contribution in [3.8, 4) is 0 Å². The smallest absolute Gasteiger partial charge is 0.302 e. The number of fused-ring (bicyclic) bond motifs is 3. The van der Waals surface area contributed by atoms with Crippen LogP contribution in [0.3, 0.4) is 0 Å². The molecule has 0 N–H and O–H groups in total. The van der Waals surface area contributed by atoms with Crippen LogP contribution in [0.1, 0.15) is 71.1 Å². The minimum absolute atomic E-state index is 0.148. The summed E-state index contributed by atoms with van der Waals surface area (Å²) in [4.78, 5) is 11.3. The van der Waals surface area contributed by atoms with Gasteiger partial charge in [-0.25, -0.2) is 0 Å². The Hall–Kier alpha value is -0.730. The Bertz CT molecular complexity index is 567. The van der Waals surface area contributed by atoms with E-state index >= 15 is 0 Å². The summed E-state index contributed by atoms with van der Waals surface area (Å²) in [6.45, 7) is 1.56. The number of carbonyl (C=O) groups is 1. The normalized spacial score (nSPS) is 42.0. The van der Waals surface area contributed by atoms with E-state index in [9.17, 15) is 4.79 Å². The molecule has 2 spiro atoms. The Morgan fingerprint density at radius 3 is 2.00 bits per heavy atom. The molecule has 0 aromatic carbocycles. The predicted octanol–water partition coefficient (Wildman–Crippen LogP) is 2.79. The van der Waals surface area contributed by atoms with Crippen LogP contribution < -0.4 is 0 Å². The van der Waals surface area contributed by atoms with Crippen LogP contribution in [0, 0.1) is 0 Å². The van der Waals surface area contributed by atoms with Gasteiger partial charge in [0.1, 0.15) is 31.0 Å². The third-order valence-corrected chi connectivity index (χ3v) is 6.66. The van der Waals surface area contributed by atoms with Gasteiger partial charge >= 0.3 is 5.97 Å². The van der Waals surface area contributed by atoms with Crippen LogP contribution in [0.2, 0.25) is 0 Å². The van der Waals surface area contributed by atoms with Gasteiger partial charge in [-0.1, -0.05) is 12.8 Å². The summed E-state index contributed by atoms with van der Waals surface area (Å²) in [6, 6.07) is 0. The third kappa shape index (κ3) is 3.31. The highest BCUT2D eigenvalue weighted by Gasteiger charge is 2.64. The molecule has 5 atom stereocenters. The van der Waals surface area contributed by atoms with Gasteiger partial charge in [-0.3, -0.25) is 4.79 Å². The van der Waals surface area contributed by atoms with Gasteiger partial charge in [0.05, 0.1) is 0 Å². The summed E-state index contributed by atoms with van der Waals surface area (Å²) in [5.41, 5.74) is 0. The van der Waals surface area contributed by atoms with Gasteiger partial charge in [-0.2, -0.15) is 0 Å². The summed E-state index contributed by atoms with van der Waals surface area (Å²) in [5, 5.41) is 0. The molecule has 7 nitrogen and oxygen atoms in total. The number of hydrogen-bond acceptors (Lipinski definition) is 7. The van der Waals surface area contributed by atoms with Crippen molar-refractivity contribution in [3.63, 3.8) is 0 Å². The van der Waals surface area contributed by atoms with Crippen molar-refractivity contribution in [2.75, 3.05) is 6.61 Å². The second-order valence-electron chi connectivity index (χ2n) is 8.65. The van der Waals surface area contributed by atoms with E-state index in [1.165, 1.54) is 19.8 Å². The van der Waals surface area contributed by atoms with Gasteiger partial charge in [0.15, 0.2) is 17.9 Å². The second kappa shape index (κ2) is 6.95. The predicted molar refractivity (Wildman–Crippen MR) is 92.6 cm³/mol. The van der Waals surface area contributed by atoms with E-state index in [4.69, 9.17) is 28.4 Å². The lowest BCUT2D eigenvalue weighted by Gasteiger charge is -2.36. The number of hydrogen-bond donors (Lipinski definition) is 0. The molecule has 0 unspecified atom stereocenters. The summed E-state index contributed by atoms with van der Waals surface area (Å²) in [7, 11) is 0. The molecule has 3 aliphatic heterocycles. The fourth-order valence-corrected chi connectivity index (χ4v) is 5.37. The molecule has 5 rings (SSSR count). The molecule has 27 heavy (non-hydrogen) atoms. The van der Waals surface area contributed by atoms with Crippen LogP contribution in [0.5, 0.6) is 0 Å². The first-order chi connectivity index (χ1) is 13.1. The topological polar surface area (TPSA) is 72.5 Å². The first-order valence-electron chi connectivity index (χ1n) is 10.6. The van der Waals surface area contributed by atoms with Gasteiger partial charge in [-0.05, 0) is 25.7 Å². The van der Waals surface area contributed by atoms with E-state index in [1.54, 1.807) is 0 Å². The molecule has 7 heteroatoms. The van der Waals surface area contributed by atoms with Crippen molar-refractivity contribution in [1.29, 1.82) is 0 Å². The third-order valence-electron chi connectivity index (χ3n) is 6.66. The zero-order valence-electron chi connectivity index (χ0n) is 16.0. The van der Waals surface area contributed by atoms with E-state index in [0.29, 0.717) is 0 Å². The lowest BCUT2D eigenvalue weighted by atomic mass is 9.94. The monoisotopic (exact) mass is 382 g/mol. The lowest BCUT2D eigenvalue weighted by Crippen LogP contribution is -2.56. The van der Waals surface area contributed by atoms with Crippen molar-refractivity contribution in [3.05, 3.63) is 0 Å². The van der Waals surface area contributed by atoms with E-state index < -0.39 is 24.0 Å². The molecule has 0 bridgehead atoms. The standard InChI is InChI=1S/C20H30O7/c1-13(21)22-12-14-15-16(25-19(24-15)8-4-2-5-9-19)17-18(23-14)27-20(26-17)10-6-3-7-11-20/h14-18H,2-12H2,1H3/t14-,15-,16-,17+,18-/m0/s1. The van der Waals surface area contributed by atoms with Crippen LogP contribution in [0.15, 0.2) is 0 Å². The number of esters is 1. The van der Waals surface area contributed by atoms with Crippen molar-refractivity contribution in [2.24, 2.45) is 0 Å². The molecule has 0 aromatic rings. The first-order valence-corrected chi connectivity index (χ1v) is 10.6. The Morgan fingerprint density at radius 1 is 0.815 bits per heavy atom. The molecule has 3 saturated heterocycles. The summed E-state index contributed by atoms with van der Waals surface area (Å²) < 4.78 is 37.2. The largest absolute Gasteiger partial charge is 0.463 e. The summed E-state index contributed by atoms with van der Waals surface area (Å²) >= 11 is 0. The molecule has 5 aliphatic rings. The van der Waals surface area contributed by atoms with Crippen molar-refractivity contribution >= 4 is 5.97 Å². The average Bonchev–Trinajstić information content (AvgIpc) is 3.19. The molecule has 2 aliphatic carbocycles. The van der Waals surface area contributed by atoms with Gasteiger partial charge in [0, 0.05) is 32.6 Å². The molecular weight excluding hydrogens is 352 g/mol. The Morgan fingerprint density at radius 2 is 1.37 bits per heavy atom. The van der Waals surface area contributed by atoms with Crippen LogP contribution >= 0.6 is 0 Å². The fraction of sp³-hybridized carbons (Fsp3) is 0.950. The van der Waals surface area contributed by atoms with Crippen molar-refractivity contribution < 1.29 is 33.2 Å². The zero-order valence-corrected chi connectivity index (χ0v) is 16.0. The fourth-order valence-electron chi connectivity index (χ4n) is 5.37. The summed E-state index contributed by atoms with van der Waals surface area (Å²) in [5.74, 6) is -1.43. The zero-order chi connectivity index (χ0) is 18.5. The van der Waals surface area contributed by atoms with Gasteiger partial charge in [0.25, 0.3) is 0 Å². The number of rotatable bonds is 2. The quantitative estimate of drug-likeness (QED) is 0.680. The Labute approximate surface area is 159 Å². The highest BCUT2D eigenvalue weighted by Crippen LogP contribution is 2.50. The highest BCUT2D eigenvalue weighted by atomic mass is 16.9. The maximum Gasteiger partial charge on any atom is 0.302 e. The number of ether oxygens (including phenoxy) is 6. The van der Waals surface area contributed by atoms with E-state index in [0.717, 1.165) is 51.4 Å². The minimum atomic E-state index is -0.555. The van der Waals surface area contributed by atoms with E-state index in [-0.39, 0.29) is 30.9 Å². The molecule has 0 amide bonds. The lowest BCUT2D eigenvalue weighted by molar-refractivity contribution is -0.255. The summed E-state index contributed by atoms with van der Waals surface area (Å²) in [6.07, 6.45) is 8.68. The molecule has 152 valence electrons. The Kier molecular flexibility index (Phi) is 4.71. The van der Waals surface area contributed by atoms with Crippen LogP contribution in [-0.2, 0) is 33.2 Å². The van der Waals surface area contributed by atoms with Gasteiger partial charge in [-0.15, -0.1) is 0 Å². The van der Waals surface area contributed by atoms with Gasteiger partial charge in [0.2, 0.25) is 0 Å². The van der Waals surface area contributed by atoms with Crippen molar-refractivity contribution in [2.45, 2.75) is 113 Å². The highest BCUT2D eigenvalue weighted by molar-refractivity contribution is 5.65. The van der Waals surface area contributed by atoms with Crippen LogP contribution in [-0.4, -0.2) is 54.9 Å². The SMILES string of the molecule is CC(=O)OC[C@@H]1O[C@H]2OC3(CCCCC3)O[C@@H]2[C@H]2OC3(CCCCC3)O[C@H]21. The van der Waals surface area contributed by atoms with Crippen LogP contribution in [0.4, 0.5) is 0 Å². The number of carbonyl (C=O) groups excluding carboxylic acids is 1.